The Morgan fingerprint density at radius 3 is 2.39 bits per heavy atom. The lowest BCUT2D eigenvalue weighted by molar-refractivity contribution is 0.0593. The van der Waals surface area contributed by atoms with E-state index in [1.165, 1.54) is 12.7 Å². The molecule has 0 radical (unpaired) electrons. The first-order chi connectivity index (χ1) is 11.1. The molecule has 0 fully saturated rings. The molecule has 23 heavy (non-hydrogen) atoms. The summed E-state index contributed by atoms with van der Waals surface area (Å²) in [6.07, 6.45) is 3.73. The number of ether oxygens (including phenoxy) is 1. The van der Waals surface area contributed by atoms with Crippen LogP contribution in [0.2, 0.25) is 0 Å². The van der Waals surface area contributed by atoms with E-state index in [1.807, 2.05) is 18.2 Å². The summed E-state index contributed by atoms with van der Waals surface area (Å²) in [5.41, 5.74) is 8.52. The summed E-state index contributed by atoms with van der Waals surface area (Å²) in [5.74, 6) is -0.0402. The molecule has 0 aliphatic heterocycles. The molecule has 0 saturated heterocycles. The van der Waals surface area contributed by atoms with Gasteiger partial charge in [0.25, 0.3) is 0 Å². The van der Waals surface area contributed by atoms with Crippen LogP contribution in [0.15, 0.2) is 30.5 Å². The van der Waals surface area contributed by atoms with Gasteiger partial charge in [0.15, 0.2) is 5.69 Å². The summed E-state index contributed by atoms with van der Waals surface area (Å²) in [7, 11) is 1.29. The van der Waals surface area contributed by atoms with Crippen molar-refractivity contribution in [3.63, 3.8) is 0 Å². The molecular weight excluding hydrogens is 290 g/mol. The van der Waals surface area contributed by atoms with Gasteiger partial charge in [-0.2, -0.15) is 5.26 Å². The number of nitriles is 1. The SMILES string of the molecule is CCC(CC)c1ccc(-n2cc(C#N)c(N)c2C(=O)OC)cc1. The standard InChI is InChI=1S/C18H21N3O2/c1-4-12(5-2)13-6-8-15(9-7-13)21-11-14(10-19)16(20)17(21)18(22)23-3/h6-9,11-12H,4-5,20H2,1-3H3. The van der Waals surface area contributed by atoms with Crippen molar-refractivity contribution in [2.75, 3.05) is 12.8 Å². The van der Waals surface area contributed by atoms with Crippen molar-refractivity contribution in [2.24, 2.45) is 0 Å². The van der Waals surface area contributed by atoms with Crippen LogP contribution in [0.5, 0.6) is 0 Å². The maximum atomic E-state index is 12.0. The number of carbonyl (C=O) groups is 1. The van der Waals surface area contributed by atoms with Crippen molar-refractivity contribution in [2.45, 2.75) is 32.6 Å². The normalized spacial score (nSPS) is 10.6. The number of hydrogen-bond acceptors (Lipinski definition) is 4. The highest BCUT2D eigenvalue weighted by atomic mass is 16.5. The number of anilines is 1. The lowest BCUT2D eigenvalue weighted by atomic mass is 9.94. The smallest absolute Gasteiger partial charge is 0.357 e. The molecule has 2 aromatic rings. The molecular formula is C18H21N3O2. The molecule has 0 bridgehead atoms. The fourth-order valence-corrected chi connectivity index (χ4v) is 2.79. The maximum absolute atomic E-state index is 12.0. The van der Waals surface area contributed by atoms with E-state index >= 15 is 0 Å². The average Bonchev–Trinajstić information content (AvgIpc) is 2.92. The summed E-state index contributed by atoms with van der Waals surface area (Å²) < 4.78 is 6.39. The Labute approximate surface area is 136 Å². The minimum absolute atomic E-state index is 0.142. The molecule has 0 spiro atoms. The number of nitrogen functional groups attached to an aromatic ring is 1. The Morgan fingerprint density at radius 2 is 1.91 bits per heavy atom. The molecule has 5 nitrogen and oxygen atoms in total. The molecule has 0 aliphatic carbocycles. The van der Waals surface area contributed by atoms with Crippen LogP contribution in [0.4, 0.5) is 5.69 Å². The summed E-state index contributed by atoms with van der Waals surface area (Å²) in [5, 5.41) is 9.14. The summed E-state index contributed by atoms with van der Waals surface area (Å²) in [4.78, 5) is 12.0. The van der Waals surface area contributed by atoms with E-state index < -0.39 is 5.97 Å². The predicted molar refractivity (Wildman–Crippen MR) is 89.6 cm³/mol. The summed E-state index contributed by atoms with van der Waals surface area (Å²) in [6.45, 7) is 4.34. The quantitative estimate of drug-likeness (QED) is 0.855. The first kappa shape index (κ1) is 16.6. The molecule has 0 aliphatic rings. The molecule has 0 amide bonds. The topological polar surface area (TPSA) is 81.0 Å². The third-order valence-electron chi connectivity index (χ3n) is 4.17. The Balaban J connectivity index is 2.50. The van der Waals surface area contributed by atoms with Gasteiger partial charge in [-0.15, -0.1) is 0 Å². The predicted octanol–water partition coefficient (Wildman–Crippen LogP) is 3.62. The van der Waals surface area contributed by atoms with Crippen LogP contribution in [0.1, 0.15) is 54.2 Å². The van der Waals surface area contributed by atoms with Crippen molar-refractivity contribution in [1.29, 1.82) is 5.26 Å². The van der Waals surface area contributed by atoms with Crippen LogP contribution < -0.4 is 5.73 Å². The van der Waals surface area contributed by atoms with Crippen LogP contribution in [0, 0.1) is 11.3 Å². The first-order valence-corrected chi connectivity index (χ1v) is 7.66. The third-order valence-corrected chi connectivity index (χ3v) is 4.17. The van der Waals surface area contributed by atoms with Gasteiger partial charge < -0.3 is 15.0 Å². The zero-order chi connectivity index (χ0) is 17.0. The van der Waals surface area contributed by atoms with E-state index in [9.17, 15) is 4.79 Å². The van der Waals surface area contributed by atoms with Gasteiger partial charge in [0.1, 0.15) is 6.07 Å². The second kappa shape index (κ2) is 7.01. The minimum Gasteiger partial charge on any atom is -0.464 e. The van der Waals surface area contributed by atoms with Crippen LogP contribution in [-0.2, 0) is 4.74 Å². The van der Waals surface area contributed by atoms with E-state index in [0.29, 0.717) is 5.92 Å². The average molecular weight is 311 g/mol. The van der Waals surface area contributed by atoms with Gasteiger partial charge in [0, 0.05) is 11.9 Å². The number of benzene rings is 1. The Kier molecular flexibility index (Phi) is 5.07. The number of nitrogens with zero attached hydrogens (tertiary/aromatic N) is 2. The number of carbonyl (C=O) groups excluding carboxylic acids is 1. The molecule has 2 rings (SSSR count). The van der Waals surface area contributed by atoms with Crippen molar-refractivity contribution < 1.29 is 9.53 Å². The highest BCUT2D eigenvalue weighted by Gasteiger charge is 2.21. The highest BCUT2D eigenvalue weighted by molar-refractivity contribution is 5.95. The van der Waals surface area contributed by atoms with Gasteiger partial charge >= 0.3 is 5.97 Å². The Hall–Kier alpha value is -2.74. The molecule has 2 N–H and O–H groups in total. The second-order valence-electron chi connectivity index (χ2n) is 5.38. The number of nitrogens with two attached hydrogens (primary N) is 1. The second-order valence-corrected chi connectivity index (χ2v) is 5.38. The van der Waals surface area contributed by atoms with E-state index in [0.717, 1.165) is 18.5 Å². The molecule has 1 aromatic carbocycles. The zero-order valence-corrected chi connectivity index (χ0v) is 13.7. The number of methoxy groups -OCH3 is 1. The van der Waals surface area contributed by atoms with Gasteiger partial charge in [0.2, 0.25) is 0 Å². The fraction of sp³-hybridized carbons (Fsp3) is 0.333. The van der Waals surface area contributed by atoms with E-state index in [2.05, 4.69) is 26.0 Å². The van der Waals surface area contributed by atoms with Gasteiger partial charge in [-0.3, -0.25) is 0 Å². The monoisotopic (exact) mass is 311 g/mol. The Bertz CT molecular complexity index is 735. The maximum Gasteiger partial charge on any atom is 0.357 e. The number of esters is 1. The van der Waals surface area contributed by atoms with Crippen molar-refractivity contribution in [1.82, 2.24) is 4.57 Å². The van der Waals surface area contributed by atoms with Crippen LogP contribution >= 0.6 is 0 Å². The highest BCUT2D eigenvalue weighted by Crippen LogP contribution is 2.27. The third kappa shape index (κ3) is 3.07. The van der Waals surface area contributed by atoms with Crippen molar-refractivity contribution >= 4 is 11.7 Å². The lowest BCUT2D eigenvalue weighted by Crippen LogP contribution is -2.11. The molecule has 1 heterocycles. The summed E-state index contributed by atoms with van der Waals surface area (Å²) >= 11 is 0. The largest absolute Gasteiger partial charge is 0.464 e. The first-order valence-electron chi connectivity index (χ1n) is 7.66. The van der Waals surface area contributed by atoms with Crippen molar-refractivity contribution in [3.8, 4) is 11.8 Å². The van der Waals surface area contributed by atoms with Crippen LogP contribution in [0.3, 0.4) is 0 Å². The van der Waals surface area contributed by atoms with Crippen LogP contribution in [-0.4, -0.2) is 17.6 Å². The molecule has 0 saturated carbocycles. The summed E-state index contributed by atoms with van der Waals surface area (Å²) in [6, 6.07) is 9.97. The number of hydrogen-bond donors (Lipinski definition) is 1. The lowest BCUT2D eigenvalue weighted by Gasteiger charge is -2.14. The number of rotatable bonds is 5. The molecule has 5 heteroatoms. The zero-order valence-electron chi connectivity index (χ0n) is 13.7. The van der Waals surface area contributed by atoms with E-state index in [4.69, 9.17) is 15.7 Å². The molecule has 0 unspecified atom stereocenters. The molecule has 1 aromatic heterocycles. The minimum atomic E-state index is -0.562. The Morgan fingerprint density at radius 1 is 1.30 bits per heavy atom. The van der Waals surface area contributed by atoms with Gasteiger partial charge in [-0.05, 0) is 36.5 Å². The van der Waals surface area contributed by atoms with Gasteiger partial charge in [-0.1, -0.05) is 26.0 Å². The van der Waals surface area contributed by atoms with Crippen molar-refractivity contribution in [3.05, 3.63) is 47.3 Å². The molecule has 0 atom stereocenters. The molecule has 120 valence electrons. The van der Waals surface area contributed by atoms with Gasteiger partial charge in [0.05, 0.1) is 18.4 Å². The number of aromatic nitrogens is 1. The fourth-order valence-electron chi connectivity index (χ4n) is 2.79. The van der Waals surface area contributed by atoms with Gasteiger partial charge in [-0.25, -0.2) is 4.79 Å². The van der Waals surface area contributed by atoms with Crippen LogP contribution in [0.25, 0.3) is 5.69 Å². The van der Waals surface area contributed by atoms with E-state index in [-0.39, 0.29) is 16.9 Å². The van der Waals surface area contributed by atoms with E-state index in [1.54, 1.807) is 10.8 Å².